The fraction of sp³-hybridized carbons (Fsp3) is 0.0476. The molecule has 8 aromatic rings. The summed E-state index contributed by atoms with van der Waals surface area (Å²) in [6, 6.07) is 47.9. The quantitative estimate of drug-likeness (QED) is 0.209. The van der Waals surface area contributed by atoms with Crippen LogP contribution >= 0.6 is 0 Å². The van der Waals surface area contributed by atoms with Gasteiger partial charge in [-0.15, -0.1) is 0 Å². The fourth-order valence-electron chi connectivity index (χ4n) is 7.62. The minimum absolute atomic E-state index is 0.0196. The van der Waals surface area contributed by atoms with Gasteiger partial charge in [0.2, 0.25) is 0 Å². The molecule has 7 aromatic carbocycles. The highest BCUT2D eigenvalue weighted by molar-refractivity contribution is 6.11. The maximum Gasteiger partial charge on any atom is 0.136 e. The number of furan rings is 1. The Kier molecular flexibility index (Phi) is 4.86. The van der Waals surface area contributed by atoms with Crippen LogP contribution in [0.15, 0.2) is 144 Å². The molecular formula is C42H26O2. The zero-order valence-corrected chi connectivity index (χ0v) is 23.8. The Morgan fingerprint density at radius 1 is 0.500 bits per heavy atom. The van der Waals surface area contributed by atoms with Crippen molar-refractivity contribution >= 4 is 49.6 Å². The zero-order chi connectivity index (χ0) is 28.8. The number of fused-ring (bicyclic) bond motifs is 11. The van der Waals surface area contributed by atoms with E-state index in [-0.39, 0.29) is 12.0 Å². The predicted molar refractivity (Wildman–Crippen MR) is 181 cm³/mol. The first kappa shape index (κ1) is 23.9. The van der Waals surface area contributed by atoms with Crippen LogP contribution in [0.2, 0.25) is 0 Å². The van der Waals surface area contributed by atoms with E-state index in [4.69, 9.17) is 9.15 Å². The highest BCUT2D eigenvalue weighted by Gasteiger charge is 2.38. The molecule has 2 unspecified atom stereocenters. The van der Waals surface area contributed by atoms with E-state index in [0.29, 0.717) is 0 Å². The summed E-state index contributed by atoms with van der Waals surface area (Å²) in [6.45, 7) is 0. The van der Waals surface area contributed by atoms with Crippen LogP contribution in [0.4, 0.5) is 0 Å². The van der Waals surface area contributed by atoms with Crippen LogP contribution < -0.4 is 4.74 Å². The first-order chi connectivity index (χ1) is 21.8. The van der Waals surface area contributed by atoms with Gasteiger partial charge < -0.3 is 9.15 Å². The van der Waals surface area contributed by atoms with Crippen molar-refractivity contribution in [1.82, 2.24) is 0 Å². The molecule has 0 saturated carbocycles. The molecule has 0 amide bonds. The van der Waals surface area contributed by atoms with Gasteiger partial charge in [-0.2, -0.15) is 0 Å². The molecule has 0 N–H and O–H groups in total. The minimum Gasteiger partial charge on any atom is -0.485 e. The monoisotopic (exact) mass is 562 g/mol. The van der Waals surface area contributed by atoms with Crippen molar-refractivity contribution in [3.8, 4) is 28.0 Å². The van der Waals surface area contributed by atoms with Crippen LogP contribution in [0.5, 0.6) is 5.75 Å². The average Bonchev–Trinajstić information content (AvgIpc) is 3.65. The van der Waals surface area contributed by atoms with Gasteiger partial charge in [-0.3, -0.25) is 0 Å². The number of benzene rings is 7. The summed E-state index contributed by atoms with van der Waals surface area (Å²) in [7, 11) is 0. The molecule has 1 aromatic heterocycles. The summed E-state index contributed by atoms with van der Waals surface area (Å²) in [5.74, 6) is 1.12. The van der Waals surface area contributed by atoms with Crippen molar-refractivity contribution in [3.05, 3.63) is 156 Å². The molecule has 44 heavy (non-hydrogen) atoms. The van der Waals surface area contributed by atoms with Gasteiger partial charge in [0.15, 0.2) is 0 Å². The van der Waals surface area contributed by atoms with Crippen LogP contribution in [-0.2, 0) is 0 Å². The highest BCUT2D eigenvalue weighted by atomic mass is 16.5. The van der Waals surface area contributed by atoms with E-state index in [1.165, 1.54) is 60.3 Å². The Balaban J connectivity index is 1.09. The predicted octanol–water partition coefficient (Wildman–Crippen LogP) is 11.1. The Morgan fingerprint density at radius 3 is 1.93 bits per heavy atom. The van der Waals surface area contributed by atoms with Crippen LogP contribution in [0, 0.1) is 0 Å². The third-order valence-electron chi connectivity index (χ3n) is 9.64. The minimum atomic E-state index is -0.0196. The molecule has 0 fully saturated rings. The number of hydrogen-bond donors (Lipinski definition) is 0. The smallest absolute Gasteiger partial charge is 0.136 e. The standard InChI is InChI=1S/C42H26O2/c1-3-11-29-25(7-1)9-5-13-31(29)27-15-17-35-39(23-27)43-37-21-19-34-33(41(35)37)20-22-38-42(34)36-18-16-28(24-40(36)44-38)32-14-6-10-26-8-2-4-12-30(26)32/h1-24,37,41H. The molecular weight excluding hydrogens is 536 g/mol. The number of ether oxygens (including phenoxy) is 1. The normalized spacial score (nSPS) is 16.7. The SMILES string of the molecule is C1=CC2Oc3cc(-c4cccc5ccccc45)ccc3C2c2ccc3oc4cc(-c5cccc6ccccc56)ccc4c3c21. The third-order valence-corrected chi connectivity index (χ3v) is 9.64. The molecule has 1 aliphatic heterocycles. The summed E-state index contributed by atoms with van der Waals surface area (Å²) >= 11 is 0. The lowest BCUT2D eigenvalue weighted by atomic mass is 9.80. The van der Waals surface area contributed by atoms with E-state index in [2.05, 4.69) is 146 Å². The first-order valence-electron chi connectivity index (χ1n) is 15.2. The lowest BCUT2D eigenvalue weighted by molar-refractivity contribution is 0.267. The van der Waals surface area contributed by atoms with E-state index in [9.17, 15) is 0 Å². The number of hydrogen-bond acceptors (Lipinski definition) is 2. The van der Waals surface area contributed by atoms with E-state index in [1.54, 1.807) is 0 Å². The summed E-state index contributed by atoms with van der Waals surface area (Å²) < 4.78 is 13.1. The van der Waals surface area contributed by atoms with Crippen molar-refractivity contribution in [2.45, 2.75) is 12.0 Å². The molecule has 10 rings (SSSR count). The lowest BCUT2D eigenvalue weighted by Crippen LogP contribution is -2.20. The molecule has 2 nitrogen and oxygen atoms in total. The van der Waals surface area contributed by atoms with E-state index < -0.39 is 0 Å². The first-order valence-corrected chi connectivity index (χ1v) is 15.2. The Bertz CT molecular complexity index is 2480. The van der Waals surface area contributed by atoms with E-state index in [1.807, 2.05) is 0 Å². The number of rotatable bonds is 2. The van der Waals surface area contributed by atoms with Crippen molar-refractivity contribution in [3.63, 3.8) is 0 Å². The molecule has 0 radical (unpaired) electrons. The summed E-state index contributed by atoms with van der Waals surface area (Å²) in [4.78, 5) is 0. The Hall–Kier alpha value is -5.60. The Labute approximate surface area is 254 Å². The van der Waals surface area contributed by atoms with Crippen LogP contribution in [0.25, 0.3) is 71.8 Å². The van der Waals surface area contributed by atoms with Gasteiger partial charge in [0.05, 0.1) is 5.92 Å². The summed E-state index contributed by atoms with van der Waals surface area (Å²) in [6.07, 6.45) is 4.45. The third kappa shape index (κ3) is 3.37. The molecule has 2 atom stereocenters. The highest BCUT2D eigenvalue weighted by Crippen LogP contribution is 2.50. The lowest BCUT2D eigenvalue weighted by Gasteiger charge is -2.23. The fourth-order valence-corrected chi connectivity index (χ4v) is 7.62. The molecule has 0 saturated heterocycles. The topological polar surface area (TPSA) is 22.4 Å². The van der Waals surface area contributed by atoms with Crippen molar-refractivity contribution in [2.75, 3.05) is 0 Å². The van der Waals surface area contributed by atoms with Gasteiger partial charge in [0.25, 0.3) is 0 Å². The van der Waals surface area contributed by atoms with Gasteiger partial charge in [-0.1, -0.05) is 115 Å². The van der Waals surface area contributed by atoms with Gasteiger partial charge in [-0.05, 0) is 85.3 Å². The van der Waals surface area contributed by atoms with Gasteiger partial charge >= 0.3 is 0 Å². The second kappa shape index (κ2) is 8.95. The van der Waals surface area contributed by atoms with Gasteiger partial charge in [0.1, 0.15) is 23.0 Å². The maximum atomic E-state index is 6.61. The largest absolute Gasteiger partial charge is 0.485 e. The summed E-state index contributed by atoms with van der Waals surface area (Å²) in [5, 5.41) is 7.32. The van der Waals surface area contributed by atoms with Crippen molar-refractivity contribution in [1.29, 1.82) is 0 Å². The van der Waals surface area contributed by atoms with E-state index >= 15 is 0 Å². The second-order valence-electron chi connectivity index (χ2n) is 12.0. The Morgan fingerprint density at radius 2 is 1.16 bits per heavy atom. The van der Waals surface area contributed by atoms with Crippen molar-refractivity contribution < 1.29 is 9.15 Å². The molecule has 206 valence electrons. The van der Waals surface area contributed by atoms with Gasteiger partial charge in [0, 0.05) is 16.3 Å². The van der Waals surface area contributed by atoms with Crippen LogP contribution in [-0.4, -0.2) is 6.10 Å². The molecule has 2 heteroatoms. The second-order valence-corrected chi connectivity index (χ2v) is 12.0. The zero-order valence-electron chi connectivity index (χ0n) is 23.8. The maximum absolute atomic E-state index is 6.61. The van der Waals surface area contributed by atoms with Crippen molar-refractivity contribution in [2.24, 2.45) is 0 Å². The molecule has 2 aliphatic rings. The molecule has 2 heterocycles. The molecule has 0 bridgehead atoms. The average molecular weight is 563 g/mol. The van der Waals surface area contributed by atoms with Crippen LogP contribution in [0.1, 0.15) is 22.6 Å². The van der Waals surface area contributed by atoms with Gasteiger partial charge in [-0.25, -0.2) is 0 Å². The molecule has 0 spiro atoms. The molecule has 1 aliphatic carbocycles. The van der Waals surface area contributed by atoms with Crippen LogP contribution in [0.3, 0.4) is 0 Å². The van der Waals surface area contributed by atoms with E-state index in [0.717, 1.165) is 27.9 Å². The summed E-state index contributed by atoms with van der Waals surface area (Å²) in [5.41, 5.74) is 10.4.